The average molecular weight is 549 g/mol. The standard InChI is InChI=1S/C35H33FN2O3/c1-21-4-6-22(7-5-21)20-41-33-19-27-24(16-32(33)40-3)14-15-38-31(27)18-29-28-17-26(39-2)12-13-30(28)37-34(29)35(38)23-8-10-25(36)11-9-23/h4-13,16-17,19,31,35,37H,14-15,18,20H2,1-3H3. The fraction of sp³-hybridized carbons (Fsp3) is 0.257. The van der Waals surface area contributed by atoms with Crippen molar-refractivity contribution >= 4 is 10.9 Å². The predicted octanol–water partition coefficient (Wildman–Crippen LogP) is 7.46. The molecule has 2 atom stereocenters. The van der Waals surface area contributed by atoms with E-state index in [-0.39, 0.29) is 17.9 Å². The Bertz CT molecular complexity index is 1730. The van der Waals surface area contributed by atoms with Crippen molar-refractivity contribution < 1.29 is 18.6 Å². The predicted molar refractivity (Wildman–Crippen MR) is 158 cm³/mol. The maximum absolute atomic E-state index is 14.0. The molecule has 41 heavy (non-hydrogen) atoms. The van der Waals surface area contributed by atoms with Gasteiger partial charge in [-0.05, 0) is 90.0 Å². The van der Waals surface area contributed by atoms with Gasteiger partial charge < -0.3 is 19.2 Å². The number of hydrogen-bond donors (Lipinski definition) is 1. The van der Waals surface area contributed by atoms with Gasteiger partial charge in [0.1, 0.15) is 18.2 Å². The van der Waals surface area contributed by atoms with Crippen molar-refractivity contribution in [2.45, 2.75) is 38.5 Å². The highest BCUT2D eigenvalue weighted by Gasteiger charge is 2.41. The Labute approximate surface area is 239 Å². The third kappa shape index (κ3) is 4.52. The Kier molecular flexibility index (Phi) is 6.43. The molecular weight excluding hydrogens is 515 g/mol. The molecule has 6 heteroatoms. The van der Waals surface area contributed by atoms with E-state index in [4.69, 9.17) is 14.2 Å². The third-order valence-corrected chi connectivity index (χ3v) is 8.67. The molecule has 5 aromatic rings. The first-order chi connectivity index (χ1) is 20.0. The third-order valence-electron chi connectivity index (χ3n) is 8.67. The zero-order valence-corrected chi connectivity index (χ0v) is 23.5. The molecule has 0 radical (unpaired) electrons. The normalized spacial score (nSPS) is 18.0. The van der Waals surface area contributed by atoms with Crippen LogP contribution in [-0.4, -0.2) is 30.6 Å². The molecule has 0 spiro atoms. The minimum atomic E-state index is -0.228. The summed E-state index contributed by atoms with van der Waals surface area (Å²) in [6.45, 7) is 3.43. The molecule has 0 fully saturated rings. The molecule has 3 heterocycles. The van der Waals surface area contributed by atoms with Gasteiger partial charge in [0.2, 0.25) is 0 Å². The summed E-state index contributed by atoms with van der Waals surface area (Å²) >= 11 is 0. The van der Waals surface area contributed by atoms with E-state index in [9.17, 15) is 4.39 Å². The lowest BCUT2D eigenvalue weighted by Gasteiger charge is -2.46. The zero-order chi connectivity index (χ0) is 28.1. The summed E-state index contributed by atoms with van der Waals surface area (Å²) in [5.74, 6) is 2.11. The van der Waals surface area contributed by atoms with Crippen LogP contribution in [0.1, 0.15) is 51.2 Å². The fourth-order valence-corrected chi connectivity index (χ4v) is 6.57. The number of nitrogens with zero attached hydrogens (tertiary/aromatic N) is 1. The second kappa shape index (κ2) is 10.3. The van der Waals surface area contributed by atoms with Gasteiger partial charge in [-0.3, -0.25) is 4.90 Å². The van der Waals surface area contributed by atoms with Gasteiger partial charge in [0.15, 0.2) is 11.5 Å². The highest BCUT2D eigenvalue weighted by atomic mass is 19.1. The average Bonchev–Trinajstić information content (AvgIpc) is 3.37. The van der Waals surface area contributed by atoms with Crippen LogP contribution in [0.2, 0.25) is 0 Å². The molecule has 2 aliphatic rings. The van der Waals surface area contributed by atoms with E-state index in [1.54, 1.807) is 26.4 Å². The first-order valence-corrected chi connectivity index (χ1v) is 14.1. The highest BCUT2D eigenvalue weighted by molar-refractivity contribution is 5.87. The van der Waals surface area contributed by atoms with Crippen molar-refractivity contribution in [3.63, 3.8) is 0 Å². The number of nitrogens with one attached hydrogen (secondary N) is 1. The van der Waals surface area contributed by atoms with Crippen LogP contribution in [0.5, 0.6) is 17.2 Å². The first kappa shape index (κ1) is 25.7. The molecule has 0 aliphatic carbocycles. The number of fused-ring (bicyclic) bond motifs is 6. The highest BCUT2D eigenvalue weighted by Crippen LogP contribution is 2.50. The molecular formula is C35H33FN2O3. The summed E-state index contributed by atoms with van der Waals surface area (Å²) in [7, 11) is 3.40. The van der Waals surface area contributed by atoms with Crippen molar-refractivity contribution in [1.29, 1.82) is 0 Å². The van der Waals surface area contributed by atoms with E-state index in [2.05, 4.69) is 65.3 Å². The summed E-state index contributed by atoms with van der Waals surface area (Å²) < 4.78 is 31.7. The van der Waals surface area contributed by atoms with E-state index >= 15 is 0 Å². The summed E-state index contributed by atoms with van der Waals surface area (Å²) in [4.78, 5) is 6.28. The minimum absolute atomic E-state index is 0.0325. The van der Waals surface area contributed by atoms with Gasteiger partial charge in [-0.25, -0.2) is 4.39 Å². The fourth-order valence-electron chi connectivity index (χ4n) is 6.57. The molecule has 1 N–H and O–H groups in total. The molecule has 0 saturated carbocycles. The molecule has 2 unspecified atom stereocenters. The second-order valence-corrected chi connectivity index (χ2v) is 11.1. The number of aromatic amines is 1. The van der Waals surface area contributed by atoms with Gasteiger partial charge in [0, 0.05) is 29.2 Å². The van der Waals surface area contributed by atoms with Gasteiger partial charge in [0.05, 0.1) is 20.3 Å². The van der Waals surface area contributed by atoms with Crippen molar-refractivity contribution in [1.82, 2.24) is 9.88 Å². The number of methoxy groups -OCH3 is 2. The van der Waals surface area contributed by atoms with Gasteiger partial charge >= 0.3 is 0 Å². The Morgan fingerprint density at radius 3 is 2.46 bits per heavy atom. The van der Waals surface area contributed by atoms with Crippen LogP contribution in [0.15, 0.2) is 78.9 Å². The number of hydrogen-bond acceptors (Lipinski definition) is 4. The molecule has 5 nitrogen and oxygen atoms in total. The molecule has 208 valence electrons. The topological polar surface area (TPSA) is 46.7 Å². The molecule has 0 amide bonds. The number of halogens is 1. The minimum Gasteiger partial charge on any atom is -0.497 e. The summed E-state index contributed by atoms with van der Waals surface area (Å²) in [5, 5.41) is 1.17. The molecule has 2 aliphatic heterocycles. The van der Waals surface area contributed by atoms with E-state index in [0.29, 0.717) is 6.61 Å². The zero-order valence-electron chi connectivity index (χ0n) is 23.5. The largest absolute Gasteiger partial charge is 0.497 e. The number of aromatic nitrogens is 1. The van der Waals surface area contributed by atoms with Crippen LogP contribution in [0, 0.1) is 12.7 Å². The van der Waals surface area contributed by atoms with E-state index < -0.39 is 0 Å². The molecule has 0 bridgehead atoms. The molecule has 4 aromatic carbocycles. The lowest BCUT2D eigenvalue weighted by molar-refractivity contribution is 0.127. The Hall–Kier alpha value is -4.29. The second-order valence-electron chi connectivity index (χ2n) is 11.1. The maximum Gasteiger partial charge on any atom is 0.162 e. The van der Waals surface area contributed by atoms with Crippen molar-refractivity contribution in [3.8, 4) is 17.2 Å². The smallest absolute Gasteiger partial charge is 0.162 e. The Balaban J connectivity index is 1.33. The van der Waals surface area contributed by atoms with Crippen molar-refractivity contribution in [3.05, 3.63) is 124 Å². The van der Waals surface area contributed by atoms with Crippen LogP contribution < -0.4 is 14.2 Å². The number of ether oxygens (including phenoxy) is 3. The van der Waals surface area contributed by atoms with Crippen molar-refractivity contribution in [2.24, 2.45) is 0 Å². The quantitative estimate of drug-likeness (QED) is 0.239. The van der Waals surface area contributed by atoms with Gasteiger partial charge in [-0.15, -0.1) is 0 Å². The maximum atomic E-state index is 14.0. The first-order valence-electron chi connectivity index (χ1n) is 14.1. The number of H-pyrrole nitrogens is 1. The van der Waals surface area contributed by atoms with E-state index in [1.165, 1.54) is 33.3 Å². The lowest BCUT2D eigenvalue weighted by atomic mass is 9.80. The molecule has 1 aromatic heterocycles. The van der Waals surface area contributed by atoms with E-state index in [1.807, 2.05) is 18.2 Å². The molecule has 7 rings (SSSR count). The van der Waals surface area contributed by atoms with E-state index in [0.717, 1.165) is 53.3 Å². The Morgan fingerprint density at radius 1 is 0.902 bits per heavy atom. The monoisotopic (exact) mass is 548 g/mol. The SMILES string of the molecule is COc1ccc2[nH]c3c(c2c1)CC1c2cc(OCc4ccc(C)cc4)c(OC)cc2CCN1C3c1ccc(F)cc1. The van der Waals surface area contributed by atoms with Crippen LogP contribution in [-0.2, 0) is 19.4 Å². The van der Waals surface area contributed by atoms with Gasteiger partial charge in [0.25, 0.3) is 0 Å². The van der Waals surface area contributed by atoms with Crippen LogP contribution in [0.3, 0.4) is 0 Å². The number of benzene rings is 4. The van der Waals surface area contributed by atoms with Crippen LogP contribution >= 0.6 is 0 Å². The van der Waals surface area contributed by atoms with Crippen LogP contribution in [0.4, 0.5) is 4.39 Å². The lowest BCUT2D eigenvalue weighted by Crippen LogP contribution is -2.43. The summed E-state index contributed by atoms with van der Waals surface area (Å²) in [6, 6.07) is 26.0. The van der Waals surface area contributed by atoms with Crippen LogP contribution in [0.25, 0.3) is 10.9 Å². The number of aryl methyl sites for hydroxylation is 1. The van der Waals surface area contributed by atoms with Gasteiger partial charge in [-0.2, -0.15) is 0 Å². The number of rotatable bonds is 6. The van der Waals surface area contributed by atoms with Crippen molar-refractivity contribution in [2.75, 3.05) is 20.8 Å². The molecule has 0 saturated heterocycles. The Morgan fingerprint density at radius 2 is 1.71 bits per heavy atom. The summed E-state index contributed by atoms with van der Waals surface area (Å²) in [5.41, 5.74) is 9.48. The summed E-state index contributed by atoms with van der Waals surface area (Å²) in [6.07, 6.45) is 1.73. The van der Waals surface area contributed by atoms with Gasteiger partial charge in [-0.1, -0.05) is 42.0 Å².